The highest BCUT2D eigenvalue weighted by atomic mass is 16.3. The summed E-state index contributed by atoms with van der Waals surface area (Å²) >= 11 is 0. The van der Waals surface area contributed by atoms with Crippen molar-refractivity contribution in [2.75, 3.05) is 9.80 Å². The second-order valence-electron chi connectivity index (χ2n) is 26.2. The third-order valence-electron chi connectivity index (χ3n) is 20.6. The summed E-state index contributed by atoms with van der Waals surface area (Å²) in [5.41, 5.74) is 24.4. The third kappa shape index (κ3) is 8.46. The maximum absolute atomic E-state index is 7.48. The monoisotopic (exact) mass is 1150 g/mol. The zero-order chi connectivity index (χ0) is 59.5. The molecule has 89 heavy (non-hydrogen) atoms. The van der Waals surface area contributed by atoms with Gasteiger partial charge in [0.2, 0.25) is 0 Å². The van der Waals surface area contributed by atoms with Crippen molar-refractivity contribution in [2.24, 2.45) is 0 Å². The molecule has 3 aliphatic rings. The van der Waals surface area contributed by atoms with E-state index < -0.39 is 5.41 Å². The van der Waals surface area contributed by atoms with Gasteiger partial charge in [0, 0.05) is 43.7 Å². The Kier molecular flexibility index (Phi) is 12.8. The number of benzene rings is 12. The first-order valence-corrected chi connectivity index (χ1v) is 32.7. The van der Waals surface area contributed by atoms with E-state index in [9.17, 15) is 0 Å². The van der Waals surface area contributed by atoms with Gasteiger partial charge in [-0.15, -0.1) is 0 Å². The molecule has 0 radical (unpaired) electrons. The molecule has 4 heteroatoms. The van der Waals surface area contributed by atoms with Gasteiger partial charge in [-0.05, 0) is 191 Å². The Hall–Kier alpha value is -9.64. The van der Waals surface area contributed by atoms with Gasteiger partial charge >= 0.3 is 0 Å². The molecule has 0 N–H and O–H groups in total. The molecule has 2 fully saturated rings. The molecule has 0 bridgehead atoms. The summed E-state index contributed by atoms with van der Waals surface area (Å²) < 4.78 is 15.0. The van der Waals surface area contributed by atoms with Crippen molar-refractivity contribution < 1.29 is 8.83 Å². The highest BCUT2D eigenvalue weighted by molar-refractivity contribution is 6.20. The van der Waals surface area contributed by atoms with E-state index in [1.165, 1.54) is 163 Å². The number of para-hydroxylation sites is 4. The fourth-order valence-corrected chi connectivity index (χ4v) is 17.0. The number of aryl methyl sites for hydroxylation is 4. The molecule has 2 heterocycles. The molecule has 0 atom stereocenters. The summed E-state index contributed by atoms with van der Waals surface area (Å²) in [6, 6.07) is 87.8. The van der Waals surface area contributed by atoms with Crippen LogP contribution in [0.15, 0.2) is 239 Å². The van der Waals surface area contributed by atoms with Gasteiger partial charge < -0.3 is 18.6 Å². The van der Waals surface area contributed by atoms with Crippen LogP contribution in [0.5, 0.6) is 0 Å². The van der Waals surface area contributed by atoms with E-state index >= 15 is 0 Å². The van der Waals surface area contributed by atoms with Gasteiger partial charge in [0.25, 0.3) is 0 Å². The fraction of sp³-hybridized carbons (Fsp3) is 0.200. The van der Waals surface area contributed by atoms with Gasteiger partial charge in [-0.3, -0.25) is 0 Å². The van der Waals surface area contributed by atoms with Crippen LogP contribution in [-0.4, -0.2) is 0 Å². The zero-order valence-electron chi connectivity index (χ0n) is 51.4. The molecule has 17 rings (SSSR count). The molecule has 0 unspecified atom stereocenters. The van der Waals surface area contributed by atoms with Crippen LogP contribution in [0.3, 0.4) is 0 Å². The molecule has 14 aromatic rings. The van der Waals surface area contributed by atoms with E-state index in [0.29, 0.717) is 11.8 Å². The summed E-state index contributed by atoms with van der Waals surface area (Å²) in [4.78, 5) is 5.08. The smallest absolute Gasteiger partial charge is 0.159 e. The first-order valence-electron chi connectivity index (χ1n) is 32.7. The Morgan fingerprint density at radius 1 is 0.303 bits per heavy atom. The van der Waals surface area contributed by atoms with Crippen LogP contribution in [-0.2, 0) is 5.41 Å². The first kappa shape index (κ1) is 53.6. The third-order valence-corrected chi connectivity index (χ3v) is 20.6. The van der Waals surface area contributed by atoms with Crippen molar-refractivity contribution in [1.82, 2.24) is 0 Å². The van der Waals surface area contributed by atoms with Crippen molar-refractivity contribution in [3.63, 3.8) is 0 Å². The summed E-state index contributed by atoms with van der Waals surface area (Å²) in [7, 11) is 0. The molecule has 0 aliphatic heterocycles. The molecule has 0 spiro atoms. The number of furan rings is 2. The Morgan fingerprint density at radius 2 is 0.640 bits per heavy atom. The summed E-state index contributed by atoms with van der Waals surface area (Å²) in [5.74, 6) is 0.974. The van der Waals surface area contributed by atoms with Crippen LogP contribution in [0.2, 0.25) is 0 Å². The average molecular weight is 1150 g/mol. The van der Waals surface area contributed by atoms with Gasteiger partial charge in [-0.2, -0.15) is 0 Å². The minimum Gasteiger partial charge on any atom is -0.454 e. The van der Waals surface area contributed by atoms with Crippen molar-refractivity contribution >= 4 is 99.5 Å². The van der Waals surface area contributed by atoms with E-state index in [4.69, 9.17) is 8.83 Å². The molecular formula is C85H72N2O2. The second kappa shape index (κ2) is 21.3. The standard InChI is InChI=1S/C85H72N2O2/c1-53-45-54(2)48-61(47-53)86(75-43-23-41-71-69-39-21-37-63(81(69)88-83(71)75)57-25-9-5-10-26-57)77-51-73-79(67-35-19-17-33-65(67)77)80-68-36-20-18-34-66(68)78(52-74(80)85(73,59-29-13-7-14-30-59)60-31-15-8-16-32-60)87(62-49-55(3)46-56(4)50-62)76-44-24-42-72-70-40-22-38-64(82(70)89-84(72)76)58-27-11-6-12-28-58/h7-8,13-24,29-52,57-58H,5-6,9-12,25-28H2,1-4H3. The van der Waals surface area contributed by atoms with Crippen LogP contribution < -0.4 is 9.80 Å². The maximum Gasteiger partial charge on any atom is 0.159 e. The van der Waals surface area contributed by atoms with E-state index in [-0.39, 0.29) is 0 Å². The van der Waals surface area contributed by atoms with Gasteiger partial charge in [0.15, 0.2) is 11.2 Å². The first-order chi connectivity index (χ1) is 43.8. The van der Waals surface area contributed by atoms with Gasteiger partial charge in [0.1, 0.15) is 11.2 Å². The minimum absolute atomic E-state index is 0.487. The topological polar surface area (TPSA) is 32.8 Å². The molecular weight excluding hydrogens is 1080 g/mol. The van der Waals surface area contributed by atoms with Crippen molar-refractivity contribution in [2.45, 2.75) is 109 Å². The van der Waals surface area contributed by atoms with Crippen LogP contribution in [0.4, 0.5) is 34.1 Å². The zero-order valence-corrected chi connectivity index (χ0v) is 51.4. The maximum atomic E-state index is 7.48. The summed E-state index contributed by atoms with van der Waals surface area (Å²) in [5, 5.41) is 9.38. The second-order valence-corrected chi connectivity index (χ2v) is 26.2. The number of fused-ring (bicyclic) bond motifs is 13. The van der Waals surface area contributed by atoms with Crippen LogP contribution >= 0.6 is 0 Å². The Bertz CT molecular complexity index is 4750. The van der Waals surface area contributed by atoms with Gasteiger partial charge in [0.05, 0.1) is 28.2 Å². The molecule has 434 valence electrons. The van der Waals surface area contributed by atoms with E-state index in [1.54, 1.807) is 0 Å². The van der Waals surface area contributed by atoms with Crippen LogP contribution in [0.1, 0.15) is 132 Å². The van der Waals surface area contributed by atoms with E-state index in [1.807, 2.05) is 0 Å². The minimum atomic E-state index is -0.826. The molecule has 0 amide bonds. The predicted octanol–water partition coefficient (Wildman–Crippen LogP) is 24.4. The highest BCUT2D eigenvalue weighted by Gasteiger charge is 2.49. The van der Waals surface area contributed by atoms with Crippen molar-refractivity contribution in [1.29, 1.82) is 0 Å². The molecule has 3 aliphatic carbocycles. The van der Waals surface area contributed by atoms with Crippen molar-refractivity contribution in [3.05, 3.63) is 286 Å². The van der Waals surface area contributed by atoms with Crippen molar-refractivity contribution in [3.8, 4) is 11.1 Å². The number of nitrogens with zero attached hydrogens (tertiary/aromatic N) is 2. The summed E-state index contributed by atoms with van der Waals surface area (Å²) in [6.45, 7) is 8.92. The van der Waals surface area contributed by atoms with Crippen LogP contribution in [0.25, 0.3) is 76.5 Å². The number of rotatable bonds is 10. The average Bonchev–Trinajstić information content (AvgIpc) is 1.53. The number of hydrogen-bond donors (Lipinski definition) is 0. The number of hydrogen-bond acceptors (Lipinski definition) is 4. The quantitative estimate of drug-likeness (QED) is 0.137. The lowest BCUT2D eigenvalue weighted by atomic mass is 9.67. The van der Waals surface area contributed by atoms with E-state index in [0.717, 1.165) is 67.2 Å². The van der Waals surface area contributed by atoms with E-state index in [2.05, 4.69) is 268 Å². The molecule has 4 nitrogen and oxygen atoms in total. The normalized spacial score (nSPS) is 15.2. The van der Waals surface area contributed by atoms with Crippen LogP contribution in [0, 0.1) is 27.7 Å². The lowest BCUT2D eigenvalue weighted by Gasteiger charge is -2.36. The molecule has 2 aromatic heterocycles. The lowest BCUT2D eigenvalue weighted by molar-refractivity contribution is 0.442. The Labute approximate surface area is 521 Å². The fourth-order valence-electron chi connectivity index (χ4n) is 17.0. The summed E-state index contributed by atoms with van der Waals surface area (Å²) in [6.07, 6.45) is 12.5. The predicted molar refractivity (Wildman–Crippen MR) is 373 cm³/mol. The van der Waals surface area contributed by atoms with Gasteiger partial charge in [-0.25, -0.2) is 0 Å². The largest absolute Gasteiger partial charge is 0.454 e. The Balaban J connectivity index is 0.985. The highest BCUT2D eigenvalue weighted by Crippen LogP contribution is 2.63. The Morgan fingerprint density at radius 3 is 1.03 bits per heavy atom. The number of anilines is 6. The molecule has 12 aromatic carbocycles. The molecule has 2 saturated carbocycles. The lowest BCUT2D eigenvalue weighted by Crippen LogP contribution is -2.29. The SMILES string of the molecule is Cc1cc(C)cc(N(c2cc3c(c4ccccc24)-c2c(cc(N(c4cc(C)cc(C)c4)c4cccc5c4oc4c(C6CCCCC6)cccc45)c4ccccc24)C3(c2ccccc2)c2ccccc2)c2cccc3c2oc2c(C4CCCCC4)cccc23)c1. The van der Waals surface area contributed by atoms with Gasteiger partial charge in [-0.1, -0.05) is 221 Å². The molecule has 0 saturated heterocycles.